The van der Waals surface area contributed by atoms with Gasteiger partial charge in [0, 0.05) is 18.0 Å². The second-order valence-corrected chi connectivity index (χ2v) is 10.1. The number of aliphatic hydroxyl groups is 1. The smallest absolute Gasteiger partial charge is 0.126 e. The minimum Gasteiger partial charge on any atom is -0.487 e. The first kappa shape index (κ1) is 22.6. The van der Waals surface area contributed by atoms with E-state index in [1.54, 1.807) is 11.8 Å². The first-order chi connectivity index (χ1) is 13.6. The van der Waals surface area contributed by atoms with Gasteiger partial charge in [0.15, 0.2) is 0 Å². The molecule has 0 spiro atoms. The molecule has 0 amide bonds. The molecular formula is C23H36N2O3S. The topological polar surface area (TPSA) is 65.0 Å². The summed E-state index contributed by atoms with van der Waals surface area (Å²) in [5, 5.41) is 25.9. The summed E-state index contributed by atoms with van der Waals surface area (Å²) in [5.41, 5.74) is 2.86. The molecule has 0 aromatic heterocycles. The van der Waals surface area contributed by atoms with Gasteiger partial charge in [0.2, 0.25) is 0 Å². The number of fused-ring (bicyclic) bond motifs is 1. The Morgan fingerprint density at radius 1 is 1.31 bits per heavy atom. The van der Waals surface area contributed by atoms with Crippen molar-refractivity contribution in [3.63, 3.8) is 0 Å². The maximum Gasteiger partial charge on any atom is 0.126 e. The van der Waals surface area contributed by atoms with Gasteiger partial charge >= 0.3 is 0 Å². The van der Waals surface area contributed by atoms with E-state index in [-0.39, 0.29) is 11.6 Å². The molecule has 2 aliphatic heterocycles. The Labute approximate surface area is 179 Å². The van der Waals surface area contributed by atoms with Crippen LogP contribution in [0.3, 0.4) is 0 Å². The number of hydrogen-bond acceptors (Lipinski definition) is 6. The van der Waals surface area contributed by atoms with E-state index in [0.29, 0.717) is 13.1 Å². The van der Waals surface area contributed by atoms with Crippen molar-refractivity contribution in [3.05, 3.63) is 34.9 Å². The molecule has 1 aromatic carbocycles. The average molecular weight is 421 g/mol. The molecule has 0 bridgehead atoms. The summed E-state index contributed by atoms with van der Waals surface area (Å²) < 4.78 is 6.19. The van der Waals surface area contributed by atoms with Gasteiger partial charge in [-0.05, 0) is 82.0 Å². The molecule has 0 aliphatic carbocycles. The predicted molar refractivity (Wildman–Crippen MR) is 119 cm³/mol. The molecule has 1 aromatic rings. The second-order valence-electron chi connectivity index (χ2n) is 9.21. The molecule has 6 heteroatoms. The quantitative estimate of drug-likeness (QED) is 0.461. The van der Waals surface area contributed by atoms with Crippen LogP contribution < -0.4 is 10.1 Å². The van der Waals surface area contributed by atoms with Crippen LogP contribution in [0.1, 0.15) is 52.2 Å². The highest BCUT2D eigenvalue weighted by Gasteiger charge is 2.44. The van der Waals surface area contributed by atoms with E-state index in [2.05, 4.69) is 36.7 Å². The summed E-state index contributed by atoms with van der Waals surface area (Å²) in [6, 6.07) is 4.40. The van der Waals surface area contributed by atoms with E-state index >= 15 is 0 Å². The second kappa shape index (κ2) is 8.60. The molecule has 0 saturated carbocycles. The molecule has 2 aliphatic rings. The fraction of sp³-hybridized carbons (Fsp3) is 0.652. The summed E-state index contributed by atoms with van der Waals surface area (Å²) in [4.78, 5) is 1.32. The zero-order valence-corrected chi connectivity index (χ0v) is 19.4. The fourth-order valence-electron chi connectivity index (χ4n) is 4.48. The lowest BCUT2D eigenvalue weighted by molar-refractivity contribution is -0.185. The lowest BCUT2D eigenvalue weighted by Gasteiger charge is -2.36. The van der Waals surface area contributed by atoms with Crippen LogP contribution in [-0.2, 0) is 12.8 Å². The zero-order valence-electron chi connectivity index (χ0n) is 18.6. The minimum atomic E-state index is -0.572. The number of hydroxylamine groups is 2. The van der Waals surface area contributed by atoms with E-state index in [1.165, 1.54) is 21.1 Å². The summed E-state index contributed by atoms with van der Waals surface area (Å²) in [6.45, 7) is 11.3. The van der Waals surface area contributed by atoms with Crippen molar-refractivity contribution in [1.82, 2.24) is 10.4 Å². The van der Waals surface area contributed by atoms with Gasteiger partial charge in [-0.15, -0.1) is 11.8 Å². The lowest BCUT2D eigenvalue weighted by Crippen LogP contribution is -2.49. The van der Waals surface area contributed by atoms with Crippen LogP contribution in [0.5, 0.6) is 5.75 Å². The maximum absolute atomic E-state index is 10.7. The van der Waals surface area contributed by atoms with E-state index in [1.807, 2.05) is 27.7 Å². The molecule has 162 valence electrons. The van der Waals surface area contributed by atoms with E-state index < -0.39 is 11.6 Å². The average Bonchev–Trinajstić information content (AvgIpc) is 2.85. The van der Waals surface area contributed by atoms with Crippen LogP contribution >= 0.6 is 11.8 Å². The monoisotopic (exact) mass is 420 g/mol. The normalized spacial score (nSPS) is 24.0. The number of aryl methyl sites for hydroxylation is 2. The molecule has 3 N–H and O–H groups in total. The SMILES string of the molecule is CCc1cc2c(cc1SC)CCC(C(O)CNCC1=CC(C)(C)N(O)C1(C)C)O2. The molecule has 2 unspecified atom stereocenters. The predicted octanol–water partition coefficient (Wildman–Crippen LogP) is 3.80. The van der Waals surface area contributed by atoms with Gasteiger partial charge in [0.25, 0.3) is 0 Å². The lowest BCUT2D eigenvalue weighted by atomic mass is 9.96. The first-order valence-electron chi connectivity index (χ1n) is 10.6. The number of benzene rings is 1. The van der Waals surface area contributed by atoms with Crippen molar-refractivity contribution in [3.8, 4) is 5.75 Å². The van der Waals surface area contributed by atoms with Crippen molar-refractivity contribution in [2.75, 3.05) is 19.3 Å². The van der Waals surface area contributed by atoms with Crippen LogP contribution in [0.15, 0.2) is 28.7 Å². The van der Waals surface area contributed by atoms with Crippen molar-refractivity contribution in [1.29, 1.82) is 0 Å². The van der Waals surface area contributed by atoms with E-state index in [4.69, 9.17) is 4.74 Å². The van der Waals surface area contributed by atoms with Crippen molar-refractivity contribution in [2.24, 2.45) is 0 Å². The third kappa shape index (κ3) is 4.52. The maximum atomic E-state index is 10.7. The number of nitrogens with zero attached hydrogens (tertiary/aromatic N) is 1. The Kier molecular flexibility index (Phi) is 6.71. The van der Waals surface area contributed by atoms with Crippen molar-refractivity contribution in [2.45, 2.75) is 82.1 Å². The Bertz CT molecular complexity index is 776. The summed E-state index contributed by atoms with van der Waals surface area (Å²) in [5.74, 6) is 0.923. The molecule has 0 fully saturated rings. The summed E-state index contributed by atoms with van der Waals surface area (Å²) >= 11 is 1.78. The molecule has 2 heterocycles. The Morgan fingerprint density at radius 2 is 2.03 bits per heavy atom. The van der Waals surface area contributed by atoms with Gasteiger partial charge in [-0.25, -0.2) is 0 Å². The van der Waals surface area contributed by atoms with Crippen LogP contribution in [0.4, 0.5) is 0 Å². The molecule has 0 radical (unpaired) electrons. The van der Waals surface area contributed by atoms with Gasteiger partial charge < -0.3 is 20.4 Å². The third-order valence-electron chi connectivity index (χ3n) is 6.31. The van der Waals surface area contributed by atoms with Crippen LogP contribution in [-0.4, -0.2) is 58.0 Å². The van der Waals surface area contributed by atoms with Crippen molar-refractivity contribution >= 4 is 11.8 Å². The van der Waals surface area contributed by atoms with Gasteiger partial charge in [0.05, 0.1) is 11.1 Å². The van der Waals surface area contributed by atoms with Gasteiger partial charge in [-0.1, -0.05) is 13.0 Å². The van der Waals surface area contributed by atoms with Crippen molar-refractivity contribution < 1.29 is 15.1 Å². The summed E-state index contributed by atoms with van der Waals surface area (Å²) in [7, 11) is 0. The van der Waals surface area contributed by atoms with Crippen LogP contribution in [0, 0.1) is 0 Å². The highest BCUT2D eigenvalue weighted by molar-refractivity contribution is 7.98. The molecule has 5 nitrogen and oxygen atoms in total. The minimum absolute atomic E-state index is 0.198. The highest BCUT2D eigenvalue weighted by Crippen LogP contribution is 2.38. The number of aliphatic hydroxyl groups excluding tert-OH is 1. The Morgan fingerprint density at radius 3 is 2.62 bits per heavy atom. The number of rotatable bonds is 7. The van der Waals surface area contributed by atoms with E-state index in [0.717, 1.165) is 30.6 Å². The summed E-state index contributed by atoms with van der Waals surface area (Å²) in [6.07, 6.45) is 6.18. The van der Waals surface area contributed by atoms with Gasteiger partial charge in [-0.2, -0.15) is 5.06 Å². The van der Waals surface area contributed by atoms with E-state index in [9.17, 15) is 10.3 Å². The number of hydrogen-bond donors (Lipinski definition) is 3. The van der Waals surface area contributed by atoms with Crippen LogP contribution in [0.2, 0.25) is 0 Å². The molecule has 29 heavy (non-hydrogen) atoms. The third-order valence-corrected chi connectivity index (χ3v) is 7.13. The Balaban J connectivity index is 1.58. The highest BCUT2D eigenvalue weighted by atomic mass is 32.2. The van der Waals surface area contributed by atoms with Gasteiger partial charge in [-0.3, -0.25) is 0 Å². The number of ether oxygens (including phenoxy) is 1. The number of thioether (sulfide) groups is 1. The Hall–Kier alpha value is -1.05. The molecule has 3 rings (SSSR count). The molecule has 2 atom stereocenters. The first-order valence-corrected chi connectivity index (χ1v) is 11.8. The fourth-order valence-corrected chi connectivity index (χ4v) is 5.21. The van der Waals surface area contributed by atoms with Gasteiger partial charge in [0.1, 0.15) is 18.0 Å². The zero-order chi connectivity index (χ0) is 21.4. The molecule has 0 saturated heterocycles. The standard InChI is InChI=1S/C23H36N2O3S/c1-7-15-10-20-16(11-21(15)29-6)8-9-19(28-20)18(26)14-24-13-17-12-22(2,3)25(27)23(17,4)5/h10-12,18-19,24,26-27H,7-9,13-14H2,1-6H3. The van der Waals surface area contributed by atoms with Crippen LogP contribution in [0.25, 0.3) is 0 Å². The molecular weight excluding hydrogens is 384 g/mol. The largest absolute Gasteiger partial charge is 0.487 e. The number of nitrogens with one attached hydrogen (secondary N) is 1.